The van der Waals surface area contributed by atoms with Gasteiger partial charge in [0.05, 0.1) is 0 Å². The maximum atomic E-state index is 12.6. The molecular weight excluding hydrogens is 412 g/mol. The van der Waals surface area contributed by atoms with E-state index in [4.69, 9.17) is 18.7 Å². The fourth-order valence-electron chi connectivity index (χ4n) is 4.10. The standard InChI is InChI=1S/C23H24N4O5/c28-20(5-6-21-26-22(27-32-21)16-2-1-9-24-13-16)25-14-23(7-10-29-11-8-23)17-3-4-18-19(12-17)31-15-30-18/h1-4,9,12-13H,5-8,10-11,14-15H2,(H,25,28). The largest absolute Gasteiger partial charge is 0.454 e. The highest BCUT2D eigenvalue weighted by Gasteiger charge is 2.36. The summed E-state index contributed by atoms with van der Waals surface area (Å²) in [5.41, 5.74) is 1.70. The fourth-order valence-corrected chi connectivity index (χ4v) is 4.10. The number of benzene rings is 1. The molecule has 1 aromatic carbocycles. The van der Waals surface area contributed by atoms with Crippen LogP contribution in [0.4, 0.5) is 0 Å². The number of hydrogen-bond acceptors (Lipinski definition) is 8. The quantitative estimate of drug-likeness (QED) is 0.602. The Bertz CT molecular complexity index is 1080. The van der Waals surface area contributed by atoms with Crippen LogP contribution in [0, 0.1) is 0 Å². The van der Waals surface area contributed by atoms with E-state index in [1.807, 2.05) is 24.3 Å². The highest BCUT2D eigenvalue weighted by atomic mass is 16.7. The third-order valence-corrected chi connectivity index (χ3v) is 6.01. The van der Waals surface area contributed by atoms with Crippen LogP contribution in [0.25, 0.3) is 11.4 Å². The van der Waals surface area contributed by atoms with E-state index in [0.717, 1.165) is 35.5 Å². The van der Waals surface area contributed by atoms with Gasteiger partial charge < -0.3 is 24.1 Å². The molecule has 0 bridgehead atoms. The molecule has 0 radical (unpaired) electrons. The van der Waals surface area contributed by atoms with Crippen molar-refractivity contribution in [3.05, 3.63) is 54.2 Å². The molecule has 32 heavy (non-hydrogen) atoms. The molecule has 9 heteroatoms. The zero-order valence-corrected chi connectivity index (χ0v) is 17.6. The Morgan fingerprint density at radius 3 is 2.84 bits per heavy atom. The molecule has 9 nitrogen and oxygen atoms in total. The Balaban J connectivity index is 1.20. The topological polar surface area (TPSA) is 109 Å². The molecule has 2 aliphatic rings. The molecule has 0 aliphatic carbocycles. The molecule has 2 aromatic heterocycles. The van der Waals surface area contributed by atoms with Crippen molar-refractivity contribution in [1.29, 1.82) is 0 Å². The van der Waals surface area contributed by atoms with E-state index in [1.54, 1.807) is 12.4 Å². The molecule has 1 saturated heterocycles. The van der Waals surface area contributed by atoms with Crippen LogP contribution in [-0.2, 0) is 21.4 Å². The Morgan fingerprint density at radius 1 is 1.12 bits per heavy atom. The van der Waals surface area contributed by atoms with Gasteiger partial charge in [-0.3, -0.25) is 9.78 Å². The fraction of sp³-hybridized carbons (Fsp3) is 0.391. The van der Waals surface area contributed by atoms with Crippen LogP contribution in [0.1, 0.15) is 30.7 Å². The van der Waals surface area contributed by atoms with Crippen LogP contribution in [0.5, 0.6) is 11.5 Å². The van der Waals surface area contributed by atoms with Gasteiger partial charge >= 0.3 is 0 Å². The van der Waals surface area contributed by atoms with Gasteiger partial charge in [0.2, 0.25) is 24.4 Å². The van der Waals surface area contributed by atoms with Gasteiger partial charge in [-0.15, -0.1) is 0 Å². The van der Waals surface area contributed by atoms with Crippen molar-refractivity contribution in [2.24, 2.45) is 0 Å². The summed E-state index contributed by atoms with van der Waals surface area (Å²) >= 11 is 0. The van der Waals surface area contributed by atoms with E-state index in [1.165, 1.54) is 0 Å². The number of rotatable bonds is 7. The van der Waals surface area contributed by atoms with Crippen LogP contribution in [-0.4, -0.2) is 47.6 Å². The van der Waals surface area contributed by atoms with Crippen molar-refractivity contribution < 1.29 is 23.5 Å². The molecule has 0 atom stereocenters. The minimum atomic E-state index is -0.202. The number of hydrogen-bond donors (Lipinski definition) is 1. The van der Waals surface area contributed by atoms with Crippen LogP contribution >= 0.6 is 0 Å². The number of pyridine rings is 1. The van der Waals surface area contributed by atoms with Crippen molar-refractivity contribution >= 4 is 5.91 Å². The number of nitrogens with zero attached hydrogens (tertiary/aromatic N) is 3. The number of ether oxygens (including phenoxy) is 3. The van der Waals surface area contributed by atoms with E-state index < -0.39 is 0 Å². The van der Waals surface area contributed by atoms with E-state index in [0.29, 0.717) is 37.9 Å². The minimum absolute atomic E-state index is 0.0577. The van der Waals surface area contributed by atoms with E-state index in [-0.39, 0.29) is 24.5 Å². The normalized spacial score (nSPS) is 16.6. The summed E-state index contributed by atoms with van der Waals surface area (Å²) in [5.74, 6) is 2.34. The smallest absolute Gasteiger partial charge is 0.231 e. The van der Waals surface area contributed by atoms with Crippen molar-refractivity contribution in [3.63, 3.8) is 0 Å². The average molecular weight is 436 g/mol. The van der Waals surface area contributed by atoms with E-state index in [2.05, 4.69) is 26.5 Å². The first-order valence-corrected chi connectivity index (χ1v) is 10.7. The van der Waals surface area contributed by atoms with Crippen molar-refractivity contribution in [1.82, 2.24) is 20.4 Å². The predicted molar refractivity (Wildman–Crippen MR) is 113 cm³/mol. The van der Waals surface area contributed by atoms with Gasteiger partial charge in [-0.25, -0.2) is 0 Å². The lowest BCUT2D eigenvalue weighted by molar-refractivity contribution is -0.121. The lowest BCUT2D eigenvalue weighted by Crippen LogP contribution is -2.44. The molecule has 1 N–H and O–H groups in total. The third-order valence-electron chi connectivity index (χ3n) is 6.01. The molecule has 1 fully saturated rings. The summed E-state index contributed by atoms with van der Waals surface area (Å²) in [4.78, 5) is 21.0. The summed E-state index contributed by atoms with van der Waals surface area (Å²) < 4.78 is 21.9. The molecule has 2 aliphatic heterocycles. The number of aromatic nitrogens is 3. The molecule has 0 saturated carbocycles. The van der Waals surface area contributed by atoms with Gasteiger partial charge in [0.25, 0.3) is 0 Å². The summed E-state index contributed by atoms with van der Waals surface area (Å²) in [6, 6.07) is 9.69. The van der Waals surface area contributed by atoms with Crippen molar-refractivity contribution in [2.45, 2.75) is 31.1 Å². The van der Waals surface area contributed by atoms with Gasteiger partial charge in [-0.1, -0.05) is 11.2 Å². The molecule has 4 heterocycles. The molecule has 1 amide bonds. The average Bonchev–Trinajstić information content (AvgIpc) is 3.52. The number of carbonyl (C=O) groups excluding carboxylic acids is 1. The summed E-state index contributed by atoms with van der Waals surface area (Å²) in [7, 11) is 0. The molecule has 166 valence electrons. The predicted octanol–water partition coefficient (Wildman–Crippen LogP) is 2.66. The van der Waals surface area contributed by atoms with Gasteiger partial charge in [0.15, 0.2) is 11.5 Å². The van der Waals surface area contributed by atoms with Crippen molar-refractivity contribution in [2.75, 3.05) is 26.6 Å². The molecular formula is C23H24N4O5. The number of amides is 1. The lowest BCUT2D eigenvalue weighted by Gasteiger charge is -2.38. The maximum absolute atomic E-state index is 12.6. The summed E-state index contributed by atoms with van der Waals surface area (Å²) in [5, 5.41) is 7.07. The second kappa shape index (κ2) is 8.96. The van der Waals surface area contributed by atoms with E-state index >= 15 is 0 Å². The molecule has 0 spiro atoms. The second-order valence-corrected chi connectivity index (χ2v) is 7.99. The summed E-state index contributed by atoms with van der Waals surface area (Å²) in [6.45, 7) is 2.08. The van der Waals surface area contributed by atoms with Gasteiger partial charge in [-0.05, 0) is 42.7 Å². The first-order valence-electron chi connectivity index (χ1n) is 10.7. The van der Waals surface area contributed by atoms with Crippen LogP contribution < -0.4 is 14.8 Å². The third kappa shape index (κ3) is 4.29. The first-order chi connectivity index (χ1) is 15.7. The highest BCUT2D eigenvalue weighted by Crippen LogP contribution is 2.40. The van der Waals surface area contributed by atoms with Crippen LogP contribution in [0.2, 0.25) is 0 Å². The second-order valence-electron chi connectivity index (χ2n) is 7.99. The zero-order valence-electron chi connectivity index (χ0n) is 17.6. The van der Waals surface area contributed by atoms with Crippen molar-refractivity contribution in [3.8, 4) is 22.9 Å². The van der Waals surface area contributed by atoms with Gasteiger partial charge in [0.1, 0.15) is 0 Å². The van der Waals surface area contributed by atoms with Gasteiger partial charge in [0, 0.05) is 56.0 Å². The minimum Gasteiger partial charge on any atom is -0.454 e. The van der Waals surface area contributed by atoms with Crippen LogP contribution in [0.3, 0.4) is 0 Å². The Hall–Kier alpha value is -3.46. The van der Waals surface area contributed by atoms with Crippen LogP contribution in [0.15, 0.2) is 47.2 Å². The number of fused-ring (bicyclic) bond motifs is 1. The zero-order chi connectivity index (χ0) is 21.8. The monoisotopic (exact) mass is 436 g/mol. The first kappa shape index (κ1) is 20.4. The summed E-state index contributed by atoms with van der Waals surface area (Å²) in [6.07, 6.45) is 5.64. The number of carbonyl (C=O) groups is 1. The Kier molecular flexibility index (Phi) is 5.72. The maximum Gasteiger partial charge on any atom is 0.231 e. The molecule has 3 aromatic rings. The van der Waals surface area contributed by atoms with E-state index in [9.17, 15) is 4.79 Å². The lowest BCUT2D eigenvalue weighted by atomic mass is 9.74. The Morgan fingerprint density at radius 2 is 2.00 bits per heavy atom. The number of aryl methyl sites for hydroxylation is 1. The SMILES string of the molecule is O=C(CCc1nc(-c2cccnc2)no1)NCC1(c2ccc3c(c2)OCO3)CCOCC1. The number of nitrogens with one attached hydrogen (secondary N) is 1. The highest BCUT2D eigenvalue weighted by molar-refractivity contribution is 5.76. The molecule has 0 unspecified atom stereocenters. The Labute approximate surface area is 185 Å². The van der Waals surface area contributed by atoms with Gasteiger partial charge in [-0.2, -0.15) is 4.98 Å². The molecule has 5 rings (SSSR count).